The molecule has 0 heterocycles. The van der Waals surface area contributed by atoms with Gasteiger partial charge in [-0.15, -0.1) is 0 Å². The fraction of sp³-hybridized carbons (Fsp3) is 0.474. The molecule has 7 heteroatoms. The van der Waals surface area contributed by atoms with E-state index < -0.39 is 17.8 Å². The molecule has 0 radical (unpaired) electrons. The fourth-order valence-electron chi connectivity index (χ4n) is 2.02. The van der Waals surface area contributed by atoms with Gasteiger partial charge < -0.3 is 4.74 Å². The van der Waals surface area contributed by atoms with Crippen LogP contribution in [0.4, 0.5) is 13.2 Å². The van der Waals surface area contributed by atoms with Crippen LogP contribution in [0.15, 0.2) is 35.0 Å². The van der Waals surface area contributed by atoms with Gasteiger partial charge in [-0.1, -0.05) is 51.4 Å². The third kappa shape index (κ3) is 6.48. The molecule has 146 valence electrons. The van der Waals surface area contributed by atoms with E-state index in [-0.39, 0.29) is 22.2 Å². The highest BCUT2D eigenvalue weighted by Crippen LogP contribution is 2.30. The minimum absolute atomic E-state index is 0.148. The molecule has 0 N–H and O–H groups in total. The Balaban J connectivity index is 0.00000301. The molecule has 0 bridgehead atoms. The van der Waals surface area contributed by atoms with Crippen LogP contribution in [0.5, 0.6) is 0 Å². The second-order valence-corrected chi connectivity index (χ2v) is 5.57. The van der Waals surface area contributed by atoms with Crippen LogP contribution >= 0.6 is 11.6 Å². The maximum Gasteiger partial charge on any atom is 0.433 e. The number of aliphatic imine (C=N–C) groups is 1. The van der Waals surface area contributed by atoms with Gasteiger partial charge in [0.15, 0.2) is 0 Å². The lowest BCUT2D eigenvalue weighted by atomic mass is 9.95. The molecule has 0 aliphatic heterocycles. The summed E-state index contributed by atoms with van der Waals surface area (Å²) in [4.78, 5) is 15.3. The largest absolute Gasteiger partial charge is 0.465 e. The Bertz CT molecular complexity index is 667. The van der Waals surface area contributed by atoms with Crippen LogP contribution in [-0.4, -0.2) is 25.0 Å². The van der Waals surface area contributed by atoms with Crippen LogP contribution in [0.25, 0.3) is 0 Å². The summed E-state index contributed by atoms with van der Waals surface area (Å²) in [7, 11) is 1.23. The van der Waals surface area contributed by atoms with Gasteiger partial charge in [-0.2, -0.15) is 13.2 Å². The van der Waals surface area contributed by atoms with Crippen LogP contribution < -0.4 is 0 Å². The topological polar surface area (TPSA) is 38.7 Å². The number of esters is 1. The SMILES string of the molecule is C/C=C(\N=C(c1ccc(C(=O)OC)cc1Cl)C(C)CC)C(F)(F)F.CC. The Morgan fingerprint density at radius 2 is 1.92 bits per heavy atom. The molecule has 0 spiro atoms. The first-order valence-electron chi connectivity index (χ1n) is 8.36. The normalized spacial score (nSPS) is 13.6. The third-order valence-corrected chi connectivity index (χ3v) is 3.86. The number of alkyl halides is 3. The van der Waals surface area contributed by atoms with E-state index >= 15 is 0 Å². The number of halogens is 4. The number of nitrogens with zero attached hydrogens (tertiary/aromatic N) is 1. The molecule has 0 amide bonds. The lowest BCUT2D eigenvalue weighted by molar-refractivity contribution is -0.0924. The highest BCUT2D eigenvalue weighted by molar-refractivity contribution is 6.34. The van der Waals surface area contributed by atoms with Gasteiger partial charge in [0.2, 0.25) is 0 Å². The van der Waals surface area contributed by atoms with Gasteiger partial charge in [0.1, 0.15) is 5.70 Å². The number of rotatable bonds is 5. The Morgan fingerprint density at radius 3 is 2.31 bits per heavy atom. The van der Waals surface area contributed by atoms with Crippen molar-refractivity contribution < 1.29 is 22.7 Å². The van der Waals surface area contributed by atoms with Gasteiger partial charge >= 0.3 is 12.1 Å². The van der Waals surface area contributed by atoms with Crippen LogP contribution in [0.3, 0.4) is 0 Å². The van der Waals surface area contributed by atoms with E-state index in [9.17, 15) is 18.0 Å². The van der Waals surface area contributed by atoms with Crippen molar-refractivity contribution in [1.82, 2.24) is 0 Å². The summed E-state index contributed by atoms with van der Waals surface area (Å²) in [5, 5.41) is 0.148. The van der Waals surface area contributed by atoms with Gasteiger partial charge in [0.05, 0.1) is 23.4 Å². The zero-order valence-corrected chi connectivity index (χ0v) is 16.6. The van der Waals surface area contributed by atoms with Gasteiger partial charge in [0.25, 0.3) is 0 Å². The van der Waals surface area contributed by atoms with E-state index in [2.05, 4.69) is 9.73 Å². The highest BCUT2D eigenvalue weighted by atomic mass is 35.5. The summed E-state index contributed by atoms with van der Waals surface area (Å²) >= 11 is 6.18. The van der Waals surface area contributed by atoms with E-state index in [0.29, 0.717) is 12.0 Å². The molecule has 1 aromatic rings. The Kier molecular flexibility index (Phi) is 10.2. The Labute approximate surface area is 157 Å². The molecule has 1 unspecified atom stereocenters. The Hall–Kier alpha value is -1.82. The quantitative estimate of drug-likeness (QED) is 0.427. The second kappa shape index (κ2) is 11.0. The van der Waals surface area contributed by atoms with Crippen molar-refractivity contribution in [3.8, 4) is 0 Å². The first-order chi connectivity index (χ1) is 12.1. The number of allylic oxidation sites excluding steroid dienone is 2. The summed E-state index contributed by atoms with van der Waals surface area (Å²) in [6, 6.07) is 4.31. The molecule has 0 aliphatic rings. The molecule has 3 nitrogen and oxygen atoms in total. The van der Waals surface area contributed by atoms with E-state index in [1.165, 1.54) is 32.2 Å². The first kappa shape index (κ1) is 24.2. The van der Waals surface area contributed by atoms with Gasteiger partial charge in [-0.05, 0) is 31.4 Å². The lowest BCUT2D eigenvalue weighted by Gasteiger charge is -2.17. The molecule has 0 saturated heterocycles. The lowest BCUT2D eigenvalue weighted by Crippen LogP contribution is -2.18. The van der Waals surface area contributed by atoms with Crippen molar-refractivity contribution >= 4 is 23.3 Å². The van der Waals surface area contributed by atoms with E-state index in [1.807, 2.05) is 20.8 Å². The van der Waals surface area contributed by atoms with Crippen LogP contribution in [0.2, 0.25) is 5.02 Å². The molecule has 1 aromatic carbocycles. The van der Waals surface area contributed by atoms with Crippen LogP contribution in [0.1, 0.15) is 57.0 Å². The van der Waals surface area contributed by atoms with Crippen molar-refractivity contribution in [3.63, 3.8) is 0 Å². The zero-order valence-electron chi connectivity index (χ0n) is 15.9. The van der Waals surface area contributed by atoms with Crippen molar-refractivity contribution in [3.05, 3.63) is 46.1 Å². The second-order valence-electron chi connectivity index (χ2n) is 5.16. The number of methoxy groups -OCH3 is 1. The molecule has 0 saturated carbocycles. The number of ether oxygens (including phenoxy) is 1. The first-order valence-corrected chi connectivity index (χ1v) is 8.73. The molecule has 26 heavy (non-hydrogen) atoms. The summed E-state index contributed by atoms with van der Waals surface area (Å²) in [5.74, 6) is -0.821. The number of hydrogen-bond donors (Lipinski definition) is 0. The molecular weight excluding hydrogens is 367 g/mol. The standard InChI is InChI=1S/C17H19ClF3NO2.C2H6/c1-5-10(3)15(22-14(6-2)17(19,20)21)12-8-7-11(9-13(12)18)16(23)24-4;1-2/h6-10H,5H2,1-4H3;1-2H3/b14-6-,22-15?;. The summed E-state index contributed by atoms with van der Waals surface area (Å²) < 4.78 is 43.6. The van der Waals surface area contributed by atoms with Gasteiger partial charge in [-0.25, -0.2) is 9.79 Å². The number of benzene rings is 1. The minimum atomic E-state index is -4.55. The molecule has 0 aliphatic carbocycles. The number of hydrogen-bond acceptors (Lipinski definition) is 3. The van der Waals surface area contributed by atoms with Crippen molar-refractivity contribution in [1.29, 1.82) is 0 Å². The van der Waals surface area contributed by atoms with Gasteiger partial charge in [-0.3, -0.25) is 0 Å². The maximum atomic E-state index is 13.0. The monoisotopic (exact) mass is 391 g/mol. The molecule has 0 aromatic heterocycles. The van der Waals surface area contributed by atoms with E-state index in [4.69, 9.17) is 11.6 Å². The number of carbonyl (C=O) groups excluding carboxylic acids is 1. The highest BCUT2D eigenvalue weighted by Gasteiger charge is 2.34. The molecular formula is C19H25ClF3NO2. The van der Waals surface area contributed by atoms with Crippen molar-refractivity contribution in [2.24, 2.45) is 10.9 Å². The third-order valence-electron chi connectivity index (χ3n) is 3.55. The zero-order chi connectivity index (χ0) is 20.5. The van der Waals surface area contributed by atoms with Crippen LogP contribution in [-0.2, 0) is 4.74 Å². The smallest absolute Gasteiger partial charge is 0.433 e. The van der Waals surface area contributed by atoms with Gasteiger partial charge in [0, 0.05) is 5.56 Å². The average Bonchev–Trinajstić information content (AvgIpc) is 2.62. The summed E-state index contributed by atoms with van der Waals surface area (Å²) in [6.07, 6.45) is -3.05. The molecule has 0 fully saturated rings. The predicted octanol–water partition coefficient (Wildman–Crippen LogP) is 6.45. The average molecular weight is 392 g/mol. The fourth-order valence-corrected chi connectivity index (χ4v) is 2.30. The maximum absolute atomic E-state index is 13.0. The van der Waals surface area contributed by atoms with E-state index in [1.54, 1.807) is 6.92 Å². The molecule has 1 atom stereocenters. The van der Waals surface area contributed by atoms with E-state index in [0.717, 1.165) is 6.08 Å². The molecule has 1 rings (SSSR count). The van der Waals surface area contributed by atoms with Crippen molar-refractivity contribution in [2.75, 3.05) is 7.11 Å². The predicted molar refractivity (Wildman–Crippen MR) is 99.9 cm³/mol. The Morgan fingerprint density at radius 1 is 1.35 bits per heavy atom. The minimum Gasteiger partial charge on any atom is -0.465 e. The summed E-state index contributed by atoms with van der Waals surface area (Å²) in [6.45, 7) is 8.90. The van der Waals surface area contributed by atoms with Crippen LogP contribution in [0, 0.1) is 5.92 Å². The summed E-state index contributed by atoms with van der Waals surface area (Å²) in [5.41, 5.74) is -0.172. The van der Waals surface area contributed by atoms with Crippen molar-refractivity contribution in [2.45, 2.75) is 47.2 Å². The number of carbonyl (C=O) groups is 1.